The van der Waals surface area contributed by atoms with Crippen LogP contribution in [0.3, 0.4) is 0 Å². The number of hydrogen-bond acceptors (Lipinski definition) is 3. The molecule has 0 unspecified atom stereocenters. The first-order valence-corrected chi connectivity index (χ1v) is 9.97. The molecule has 0 aromatic heterocycles. The summed E-state index contributed by atoms with van der Waals surface area (Å²) in [6, 6.07) is 7.58. The van der Waals surface area contributed by atoms with E-state index in [9.17, 15) is 9.59 Å². The van der Waals surface area contributed by atoms with Crippen molar-refractivity contribution in [2.24, 2.45) is 11.8 Å². The van der Waals surface area contributed by atoms with Crippen molar-refractivity contribution in [3.63, 3.8) is 0 Å². The number of amides is 2. The molecule has 2 atom stereocenters. The molecule has 1 saturated heterocycles. The predicted octanol–water partition coefficient (Wildman–Crippen LogP) is 3.84. The van der Waals surface area contributed by atoms with Gasteiger partial charge in [-0.1, -0.05) is 31.9 Å². The van der Waals surface area contributed by atoms with Gasteiger partial charge in [-0.05, 0) is 43.2 Å². The summed E-state index contributed by atoms with van der Waals surface area (Å²) in [5.41, 5.74) is 0.750. The Morgan fingerprint density at radius 1 is 1.23 bits per heavy atom. The number of fused-ring (bicyclic) bond motifs is 2. The van der Waals surface area contributed by atoms with Crippen LogP contribution in [0.2, 0.25) is 0 Å². The molecule has 142 valence electrons. The maximum atomic E-state index is 12.5. The number of ether oxygens (including phenoxy) is 1. The average molecular weight is 358 g/mol. The maximum absolute atomic E-state index is 12.5. The van der Waals surface area contributed by atoms with E-state index in [0.717, 1.165) is 56.6 Å². The second-order valence-corrected chi connectivity index (χ2v) is 7.49. The number of carbonyl (C=O) groups is 2. The van der Waals surface area contributed by atoms with Crippen molar-refractivity contribution in [2.45, 2.75) is 51.9 Å². The van der Waals surface area contributed by atoms with Crippen LogP contribution >= 0.6 is 0 Å². The number of nitrogens with one attached hydrogen (secondary N) is 1. The quantitative estimate of drug-likeness (QED) is 0.832. The summed E-state index contributed by atoms with van der Waals surface area (Å²) < 4.78 is 5.92. The van der Waals surface area contributed by atoms with Crippen LogP contribution in [-0.2, 0) is 9.59 Å². The summed E-state index contributed by atoms with van der Waals surface area (Å²) in [6.45, 7) is 4.30. The number of carbonyl (C=O) groups excluding carboxylic acids is 2. The Kier molecular flexibility index (Phi) is 6.53. The number of piperidine rings is 1. The number of hydrogen-bond donors (Lipinski definition) is 1. The lowest BCUT2D eigenvalue weighted by molar-refractivity contribution is -0.134. The Labute approximate surface area is 156 Å². The van der Waals surface area contributed by atoms with Gasteiger partial charge in [0.05, 0.1) is 12.3 Å². The van der Waals surface area contributed by atoms with Crippen molar-refractivity contribution in [1.82, 2.24) is 4.90 Å². The van der Waals surface area contributed by atoms with E-state index in [-0.39, 0.29) is 11.8 Å². The zero-order valence-electron chi connectivity index (χ0n) is 15.7. The molecule has 0 bridgehead atoms. The highest BCUT2D eigenvalue weighted by atomic mass is 16.5. The number of likely N-dealkylation sites (tertiary alicyclic amines) is 1. The highest BCUT2D eigenvalue weighted by Gasteiger charge is 2.33. The second kappa shape index (κ2) is 9.06. The number of nitrogens with zero attached hydrogens (tertiary/aromatic N) is 1. The largest absolute Gasteiger partial charge is 0.491 e. The smallest absolute Gasteiger partial charge is 0.224 e. The van der Waals surface area contributed by atoms with E-state index in [4.69, 9.17) is 4.74 Å². The highest BCUT2D eigenvalue weighted by molar-refractivity contribution is 5.92. The van der Waals surface area contributed by atoms with E-state index in [1.165, 1.54) is 0 Å². The third-order valence-corrected chi connectivity index (χ3v) is 5.59. The number of anilines is 1. The van der Waals surface area contributed by atoms with E-state index in [1.54, 1.807) is 0 Å². The molecule has 1 aromatic carbocycles. The van der Waals surface area contributed by atoms with E-state index in [1.807, 2.05) is 29.2 Å². The van der Waals surface area contributed by atoms with Gasteiger partial charge in [0.2, 0.25) is 11.8 Å². The number of benzene rings is 1. The summed E-state index contributed by atoms with van der Waals surface area (Å²) >= 11 is 0. The van der Waals surface area contributed by atoms with Gasteiger partial charge in [-0.3, -0.25) is 9.59 Å². The van der Waals surface area contributed by atoms with Crippen molar-refractivity contribution in [2.75, 3.05) is 25.0 Å². The van der Waals surface area contributed by atoms with Crippen LogP contribution in [0.15, 0.2) is 24.3 Å². The summed E-state index contributed by atoms with van der Waals surface area (Å²) in [6.07, 6.45) is 6.17. The molecular weight excluding hydrogens is 328 g/mol. The Balaban J connectivity index is 1.63. The van der Waals surface area contributed by atoms with Gasteiger partial charge in [-0.15, -0.1) is 0 Å². The van der Waals surface area contributed by atoms with Crippen LogP contribution < -0.4 is 10.1 Å². The Morgan fingerprint density at radius 3 is 2.92 bits per heavy atom. The predicted molar refractivity (Wildman–Crippen MR) is 102 cm³/mol. The molecule has 1 N–H and O–H groups in total. The molecule has 1 aromatic rings. The monoisotopic (exact) mass is 358 g/mol. The normalized spacial score (nSPS) is 23.3. The standard InChI is InChI=1S/C21H30N2O3/c1-2-3-4-9-21(25)23-12-10-16-14-20(24)22-18-7-5-6-8-19(18)26-13-11-17(16)15-23/h5-8,16-17H,2-4,9-15H2,1H3,(H,22,24)/t16-,17-/m0/s1. The molecule has 0 spiro atoms. The zero-order chi connectivity index (χ0) is 18.4. The lowest BCUT2D eigenvalue weighted by Crippen LogP contribution is -2.45. The molecule has 0 aliphatic carbocycles. The summed E-state index contributed by atoms with van der Waals surface area (Å²) in [4.78, 5) is 26.9. The van der Waals surface area contributed by atoms with Crippen molar-refractivity contribution >= 4 is 17.5 Å². The van der Waals surface area contributed by atoms with Crippen LogP contribution in [0.5, 0.6) is 5.75 Å². The van der Waals surface area contributed by atoms with E-state index < -0.39 is 0 Å². The first-order chi connectivity index (χ1) is 12.7. The molecule has 2 aliphatic heterocycles. The number of rotatable bonds is 4. The minimum Gasteiger partial charge on any atom is -0.491 e. The molecular formula is C21H30N2O3. The van der Waals surface area contributed by atoms with Crippen LogP contribution in [0.25, 0.3) is 0 Å². The topological polar surface area (TPSA) is 58.6 Å². The molecule has 5 nitrogen and oxygen atoms in total. The van der Waals surface area contributed by atoms with E-state index >= 15 is 0 Å². The SMILES string of the molecule is CCCCCC(=O)N1CC[C@H]2CC(=O)Nc3ccccc3OCC[C@H]2C1. The summed E-state index contributed by atoms with van der Waals surface area (Å²) in [5.74, 6) is 1.69. The van der Waals surface area contributed by atoms with E-state index in [2.05, 4.69) is 12.2 Å². The lowest BCUT2D eigenvalue weighted by atomic mass is 9.81. The van der Waals surface area contributed by atoms with Gasteiger partial charge in [0.15, 0.2) is 0 Å². The molecule has 3 rings (SSSR count). The molecule has 2 heterocycles. The fourth-order valence-corrected chi connectivity index (χ4v) is 4.04. The number of unbranched alkanes of at least 4 members (excludes halogenated alkanes) is 2. The first-order valence-electron chi connectivity index (χ1n) is 9.97. The zero-order valence-corrected chi connectivity index (χ0v) is 15.7. The number of para-hydroxylation sites is 2. The van der Waals surface area contributed by atoms with Gasteiger partial charge in [0.1, 0.15) is 5.75 Å². The fraction of sp³-hybridized carbons (Fsp3) is 0.619. The Bertz CT molecular complexity index is 631. The van der Waals surface area contributed by atoms with Crippen LogP contribution in [0.1, 0.15) is 51.9 Å². The van der Waals surface area contributed by atoms with Gasteiger partial charge in [0, 0.05) is 25.9 Å². The fourth-order valence-electron chi connectivity index (χ4n) is 4.04. The molecule has 5 heteroatoms. The molecule has 1 fully saturated rings. The first kappa shape index (κ1) is 18.7. The maximum Gasteiger partial charge on any atom is 0.224 e. The Hall–Kier alpha value is -2.04. The molecule has 26 heavy (non-hydrogen) atoms. The van der Waals surface area contributed by atoms with Crippen molar-refractivity contribution in [3.8, 4) is 5.75 Å². The van der Waals surface area contributed by atoms with Gasteiger partial charge in [0.25, 0.3) is 0 Å². The molecule has 0 saturated carbocycles. The molecule has 2 amide bonds. The van der Waals surface area contributed by atoms with Crippen LogP contribution in [0.4, 0.5) is 5.69 Å². The molecule has 2 aliphatic rings. The minimum atomic E-state index is 0.0423. The van der Waals surface area contributed by atoms with Crippen molar-refractivity contribution in [3.05, 3.63) is 24.3 Å². The van der Waals surface area contributed by atoms with Crippen molar-refractivity contribution < 1.29 is 14.3 Å². The highest BCUT2D eigenvalue weighted by Crippen LogP contribution is 2.33. The third-order valence-electron chi connectivity index (χ3n) is 5.59. The van der Waals surface area contributed by atoms with Crippen molar-refractivity contribution in [1.29, 1.82) is 0 Å². The van der Waals surface area contributed by atoms with Gasteiger partial charge < -0.3 is 15.0 Å². The molecule has 0 radical (unpaired) electrons. The summed E-state index contributed by atoms with van der Waals surface area (Å²) in [5, 5.41) is 2.99. The third kappa shape index (κ3) is 4.77. The second-order valence-electron chi connectivity index (χ2n) is 7.49. The van der Waals surface area contributed by atoms with Gasteiger partial charge in [-0.25, -0.2) is 0 Å². The van der Waals surface area contributed by atoms with E-state index in [0.29, 0.717) is 31.3 Å². The van der Waals surface area contributed by atoms with Crippen LogP contribution in [-0.4, -0.2) is 36.4 Å². The Morgan fingerprint density at radius 2 is 2.08 bits per heavy atom. The van der Waals surface area contributed by atoms with Crippen LogP contribution in [0, 0.1) is 11.8 Å². The van der Waals surface area contributed by atoms with Gasteiger partial charge >= 0.3 is 0 Å². The van der Waals surface area contributed by atoms with Gasteiger partial charge in [-0.2, -0.15) is 0 Å². The minimum absolute atomic E-state index is 0.0423. The lowest BCUT2D eigenvalue weighted by Gasteiger charge is -2.39. The average Bonchev–Trinajstić information content (AvgIpc) is 2.64. The summed E-state index contributed by atoms with van der Waals surface area (Å²) in [7, 11) is 0.